The number of nitrogens with zero attached hydrogens (tertiary/aromatic N) is 2. The van der Waals surface area contributed by atoms with Gasteiger partial charge in [-0.2, -0.15) is 5.26 Å². The maximum atomic E-state index is 11.2. The van der Waals surface area contributed by atoms with E-state index in [0.29, 0.717) is 13.2 Å². The third kappa shape index (κ3) is 8.70. The van der Waals surface area contributed by atoms with Crippen molar-refractivity contribution in [3.63, 3.8) is 0 Å². The second kappa shape index (κ2) is 8.08. The molecule has 0 unspecified atom stereocenters. The zero-order chi connectivity index (χ0) is 13.3. The van der Waals surface area contributed by atoms with Crippen molar-refractivity contribution < 1.29 is 9.53 Å². The molecule has 0 bridgehead atoms. The first-order chi connectivity index (χ1) is 7.91. The van der Waals surface area contributed by atoms with Gasteiger partial charge in [0.2, 0.25) is 0 Å². The fraction of sp³-hybridized carbons (Fsp3) is 0.846. The second-order valence-electron chi connectivity index (χ2n) is 5.00. The highest BCUT2D eigenvalue weighted by Gasteiger charge is 2.15. The Balaban J connectivity index is 3.62. The molecule has 0 heterocycles. The van der Waals surface area contributed by atoms with Gasteiger partial charge in [-0.05, 0) is 47.2 Å². The van der Waals surface area contributed by atoms with E-state index in [0.717, 1.165) is 25.8 Å². The van der Waals surface area contributed by atoms with E-state index in [2.05, 4.69) is 6.07 Å². The minimum atomic E-state index is -0.236. The lowest BCUT2D eigenvalue weighted by Crippen LogP contribution is -2.28. The van der Waals surface area contributed by atoms with Gasteiger partial charge in [0.05, 0.1) is 24.6 Å². The molecule has 0 aromatic rings. The Hall–Kier alpha value is -1.08. The van der Waals surface area contributed by atoms with Gasteiger partial charge >= 0.3 is 5.97 Å². The second-order valence-corrected chi connectivity index (χ2v) is 5.00. The molecular formula is C13H24N2O2. The molecule has 0 fully saturated rings. The van der Waals surface area contributed by atoms with Crippen LogP contribution in [0.15, 0.2) is 0 Å². The van der Waals surface area contributed by atoms with Crippen LogP contribution in [0.25, 0.3) is 0 Å². The Labute approximate surface area is 105 Å². The fourth-order valence-electron chi connectivity index (χ4n) is 1.51. The van der Waals surface area contributed by atoms with Crippen molar-refractivity contribution >= 4 is 5.97 Å². The number of rotatable bonds is 8. The molecule has 0 aromatic carbocycles. The first-order valence-corrected chi connectivity index (χ1v) is 6.16. The van der Waals surface area contributed by atoms with Crippen molar-refractivity contribution in [1.29, 1.82) is 5.26 Å². The van der Waals surface area contributed by atoms with Crippen LogP contribution in [0.1, 0.15) is 40.0 Å². The van der Waals surface area contributed by atoms with E-state index in [1.807, 2.05) is 32.7 Å². The predicted molar refractivity (Wildman–Crippen MR) is 67.4 cm³/mol. The molecule has 4 nitrogen and oxygen atoms in total. The molecule has 4 heteroatoms. The summed E-state index contributed by atoms with van der Waals surface area (Å²) < 4.78 is 4.87. The van der Waals surface area contributed by atoms with Gasteiger partial charge in [-0.1, -0.05) is 6.42 Å². The number of ether oxygens (including phenoxy) is 1. The van der Waals surface area contributed by atoms with Gasteiger partial charge in [0.1, 0.15) is 0 Å². The number of likely N-dealkylation sites (N-methyl/N-ethyl adjacent to an activating group) is 1. The Morgan fingerprint density at radius 2 is 2.06 bits per heavy atom. The summed E-state index contributed by atoms with van der Waals surface area (Å²) >= 11 is 0. The average molecular weight is 240 g/mol. The molecule has 0 aliphatic heterocycles. The number of esters is 1. The highest BCUT2D eigenvalue weighted by molar-refractivity contribution is 5.71. The number of carbonyl (C=O) groups excluding carboxylic acids is 1. The lowest BCUT2D eigenvalue weighted by Gasteiger charge is -2.17. The SMILES string of the molecule is CCOC(=O)CN(C)CCCCC(C)(C)C#N. The minimum absolute atomic E-state index is 0.174. The Morgan fingerprint density at radius 1 is 1.41 bits per heavy atom. The zero-order valence-corrected chi connectivity index (χ0v) is 11.5. The molecule has 0 saturated heterocycles. The lowest BCUT2D eigenvalue weighted by atomic mass is 9.89. The minimum Gasteiger partial charge on any atom is -0.465 e. The number of hydrogen-bond donors (Lipinski definition) is 0. The van der Waals surface area contributed by atoms with Gasteiger partial charge in [-0.25, -0.2) is 0 Å². The largest absolute Gasteiger partial charge is 0.465 e. The van der Waals surface area contributed by atoms with E-state index < -0.39 is 0 Å². The van der Waals surface area contributed by atoms with Crippen LogP contribution in [0.5, 0.6) is 0 Å². The maximum absolute atomic E-state index is 11.2. The van der Waals surface area contributed by atoms with Crippen LogP contribution in [0.4, 0.5) is 0 Å². The third-order valence-electron chi connectivity index (χ3n) is 2.60. The fourth-order valence-corrected chi connectivity index (χ4v) is 1.51. The molecule has 0 aliphatic carbocycles. The van der Waals surface area contributed by atoms with Crippen molar-refractivity contribution in [2.24, 2.45) is 5.41 Å². The van der Waals surface area contributed by atoms with Crippen molar-refractivity contribution in [3.05, 3.63) is 0 Å². The molecule has 0 N–H and O–H groups in total. The Kier molecular flexibility index (Phi) is 7.56. The molecule has 0 aromatic heterocycles. The summed E-state index contributed by atoms with van der Waals surface area (Å²) in [6, 6.07) is 2.29. The Bertz CT molecular complexity index is 269. The predicted octanol–water partition coefficient (Wildman–Crippen LogP) is 2.20. The quantitative estimate of drug-likeness (QED) is 0.482. The number of nitriles is 1. The van der Waals surface area contributed by atoms with E-state index in [1.54, 1.807) is 0 Å². The summed E-state index contributed by atoms with van der Waals surface area (Å²) in [5.74, 6) is -0.174. The van der Waals surface area contributed by atoms with Gasteiger partial charge in [0.25, 0.3) is 0 Å². The van der Waals surface area contributed by atoms with E-state index in [9.17, 15) is 4.79 Å². The summed E-state index contributed by atoms with van der Waals surface area (Å²) in [4.78, 5) is 13.1. The van der Waals surface area contributed by atoms with Gasteiger partial charge in [-0.3, -0.25) is 9.69 Å². The maximum Gasteiger partial charge on any atom is 0.320 e. The summed E-state index contributed by atoms with van der Waals surface area (Å²) in [6.45, 7) is 7.35. The van der Waals surface area contributed by atoms with E-state index in [4.69, 9.17) is 10.00 Å². The number of carbonyl (C=O) groups is 1. The number of hydrogen-bond acceptors (Lipinski definition) is 4. The third-order valence-corrected chi connectivity index (χ3v) is 2.60. The molecule has 0 amide bonds. The molecule has 0 spiro atoms. The van der Waals surface area contributed by atoms with Crippen molar-refractivity contribution in [3.8, 4) is 6.07 Å². The van der Waals surface area contributed by atoms with E-state index >= 15 is 0 Å². The first kappa shape index (κ1) is 15.9. The summed E-state index contributed by atoms with van der Waals surface area (Å²) in [6.07, 6.45) is 2.91. The highest BCUT2D eigenvalue weighted by Crippen LogP contribution is 2.21. The van der Waals surface area contributed by atoms with Crippen LogP contribution in [0.3, 0.4) is 0 Å². The van der Waals surface area contributed by atoms with E-state index in [-0.39, 0.29) is 11.4 Å². The van der Waals surface area contributed by atoms with Crippen LogP contribution in [0.2, 0.25) is 0 Å². The van der Waals surface area contributed by atoms with Gasteiger partial charge in [-0.15, -0.1) is 0 Å². The van der Waals surface area contributed by atoms with Gasteiger partial charge in [0.15, 0.2) is 0 Å². The summed E-state index contributed by atoms with van der Waals surface area (Å²) in [5, 5.41) is 8.86. The zero-order valence-electron chi connectivity index (χ0n) is 11.5. The highest BCUT2D eigenvalue weighted by atomic mass is 16.5. The lowest BCUT2D eigenvalue weighted by molar-refractivity contribution is -0.144. The summed E-state index contributed by atoms with van der Waals surface area (Å²) in [7, 11) is 1.91. The monoisotopic (exact) mass is 240 g/mol. The van der Waals surface area contributed by atoms with Crippen LogP contribution in [0, 0.1) is 16.7 Å². The average Bonchev–Trinajstić information content (AvgIpc) is 2.25. The van der Waals surface area contributed by atoms with Crippen LogP contribution < -0.4 is 0 Å². The van der Waals surface area contributed by atoms with E-state index in [1.165, 1.54) is 0 Å². The molecular weight excluding hydrogens is 216 g/mol. The van der Waals surface area contributed by atoms with Gasteiger partial charge < -0.3 is 4.74 Å². The standard InChI is InChI=1S/C13H24N2O2/c1-5-17-12(16)10-15(4)9-7-6-8-13(2,3)11-14/h5-10H2,1-4H3. The molecule has 0 radical (unpaired) electrons. The molecule has 17 heavy (non-hydrogen) atoms. The number of unbranched alkanes of at least 4 members (excludes halogenated alkanes) is 1. The van der Waals surface area contributed by atoms with Crippen LogP contribution in [-0.4, -0.2) is 37.6 Å². The topological polar surface area (TPSA) is 53.3 Å². The molecule has 0 atom stereocenters. The molecule has 0 rings (SSSR count). The van der Waals surface area contributed by atoms with Crippen LogP contribution >= 0.6 is 0 Å². The first-order valence-electron chi connectivity index (χ1n) is 6.16. The molecule has 0 aliphatic rings. The van der Waals surface area contributed by atoms with Gasteiger partial charge in [0, 0.05) is 0 Å². The normalized spacial score (nSPS) is 11.3. The Morgan fingerprint density at radius 3 is 2.59 bits per heavy atom. The van der Waals surface area contributed by atoms with Crippen molar-refractivity contribution in [2.45, 2.75) is 40.0 Å². The molecule has 0 saturated carbocycles. The van der Waals surface area contributed by atoms with Crippen molar-refractivity contribution in [2.75, 3.05) is 26.7 Å². The summed E-state index contributed by atoms with van der Waals surface area (Å²) in [5.41, 5.74) is -0.236. The van der Waals surface area contributed by atoms with Crippen LogP contribution in [-0.2, 0) is 9.53 Å². The smallest absolute Gasteiger partial charge is 0.320 e. The molecule has 98 valence electrons. The van der Waals surface area contributed by atoms with Crippen molar-refractivity contribution in [1.82, 2.24) is 4.90 Å².